The molecule has 0 aliphatic rings. The molecule has 0 atom stereocenters. The van der Waals surface area contributed by atoms with Gasteiger partial charge in [-0.3, -0.25) is 0 Å². The van der Waals surface area contributed by atoms with Crippen molar-refractivity contribution in [1.29, 1.82) is 0 Å². The van der Waals surface area contributed by atoms with Crippen molar-refractivity contribution in [3.63, 3.8) is 0 Å². The summed E-state index contributed by atoms with van der Waals surface area (Å²) in [4.78, 5) is 4.60. The van der Waals surface area contributed by atoms with Crippen molar-refractivity contribution >= 4 is 143 Å². The largest absolute Gasteiger partial charge is 0.456 e. The van der Waals surface area contributed by atoms with E-state index in [0.717, 1.165) is 143 Å². The summed E-state index contributed by atoms with van der Waals surface area (Å²) in [6.45, 7) is 9.08. The van der Waals surface area contributed by atoms with Gasteiger partial charge >= 0.3 is 0 Å². The second kappa shape index (κ2) is 16.1. The van der Waals surface area contributed by atoms with E-state index in [1.807, 2.05) is 24.3 Å². The number of nitrogens with zero attached hydrogens (tertiary/aromatic N) is 2. The quantitative estimate of drug-likeness (QED) is 0.151. The van der Waals surface area contributed by atoms with Crippen molar-refractivity contribution in [2.45, 2.75) is 39.5 Å². The molecule has 0 unspecified atom stereocenters. The van der Waals surface area contributed by atoms with Crippen LogP contribution in [0.1, 0.15) is 50.7 Å². The Morgan fingerprint density at radius 1 is 0.284 bits per heavy atom. The molecule has 4 aromatic heterocycles. The van der Waals surface area contributed by atoms with Crippen LogP contribution >= 0.6 is 0 Å². The maximum Gasteiger partial charge on any atom is 0.159 e. The van der Waals surface area contributed by atoms with E-state index in [0.29, 0.717) is 0 Å². The van der Waals surface area contributed by atoms with Gasteiger partial charge in [-0.25, -0.2) is 0 Å². The zero-order valence-electron chi connectivity index (χ0n) is 41.3. The Hall–Kier alpha value is -9.26. The smallest absolute Gasteiger partial charge is 0.159 e. The van der Waals surface area contributed by atoms with E-state index in [4.69, 9.17) is 17.7 Å². The summed E-state index contributed by atoms with van der Waals surface area (Å²) < 4.78 is 27.7. The Morgan fingerprint density at radius 2 is 0.676 bits per heavy atom. The second-order valence-corrected chi connectivity index (χ2v) is 20.4. The summed E-state index contributed by atoms with van der Waals surface area (Å²) in [6.07, 6.45) is 0. The molecule has 0 amide bonds. The van der Waals surface area contributed by atoms with E-state index in [2.05, 4.69) is 219 Å². The molecule has 0 saturated carbocycles. The average Bonchev–Trinajstić information content (AvgIpc) is 4.20. The number of para-hydroxylation sites is 6. The highest BCUT2D eigenvalue weighted by Crippen LogP contribution is 2.51. The van der Waals surface area contributed by atoms with Gasteiger partial charge < -0.3 is 27.5 Å². The molecule has 0 spiro atoms. The van der Waals surface area contributed by atoms with Crippen molar-refractivity contribution in [2.24, 2.45) is 0 Å². The van der Waals surface area contributed by atoms with Crippen molar-refractivity contribution in [3.05, 3.63) is 217 Å². The maximum absolute atomic E-state index is 7.21. The average molecular weight is 957 g/mol. The second-order valence-electron chi connectivity index (χ2n) is 20.4. The van der Waals surface area contributed by atoms with Gasteiger partial charge in [0.25, 0.3) is 0 Å². The standard InChI is InChI=1S/C68H48N2O4/c1-39(2)61-63-53-35-41-29-31-47(69(45-17-7-5-8-18-45)55-25-15-23-51-49-21-11-13-27-57(49)71-65(51)55)33-43(41)37-59(53)74-68(63)62(40(3)4)64-54-36-42-30-32-48(34-44(42)38-60(54)73-67(61)64)70(46-19-9-6-10-20-46)56-26-16-24-52-50-22-12-14-28-58(50)72-66(52)56/h5-40H,1-4H3. The van der Waals surface area contributed by atoms with Crippen LogP contribution in [0.15, 0.2) is 224 Å². The molecule has 0 aliphatic heterocycles. The number of fused-ring (bicyclic) bond motifs is 14. The van der Waals surface area contributed by atoms with Crippen LogP contribution in [0.3, 0.4) is 0 Å². The zero-order valence-corrected chi connectivity index (χ0v) is 41.3. The summed E-state index contributed by atoms with van der Waals surface area (Å²) >= 11 is 0. The summed E-state index contributed by atoms with van der Waals surface area (Å²) in [5, 5.41) is 13.3. The minimum absolute atomic E-state index is 0.141. The summed E-state index contributed by atoms with van der Waals surface area (Å²) in [6, 6.07) is 73.0. The minimum atomic E-state index is 0.141. The third kappa shape index (κ3) is 6.31. The summed E-state index contributed by atoms with van der Waals surface area (Å²) in [5.74, 6) is 0.282. The number of hydrogen-bond acceptors (Lipinski definition) is 6. The van der Waals surface area contributed by atoms with Gasteiger partial charge in [-0.2, -0.15) is 0 Å². The number of benzene rings is 11. The number of rotatable bonds is 8. The highest BCUT2D eigenvalue weighted by atomic mass is 16.3. The molecule has 0 aliphatic carbocycles. The van der Waals surface area contributed by atoms with Gasteiger partial charge in [0.05, 0.1) is 11.4 Å². The summed E-state index contributed by atoms with van der Waals surface area (Å²) in [7, 11) is 0. The molecule has 15 aromatic rings. The summed E-state index contributed by atoms with van der Waals surface area (Å²) in [5.41, 5.74) is 15.5. The minimum Gasteiger partial charge on any atom is -0.456 e. The fourth-order valence-corrected chi connectivity index (χ4v) is 12.0. The zero-order chi connectivity index (χ0) is 49.3. The topological polar surface area (TPSA) is 59.0 Å². The third-order valence-electron chi connectivity index (χ3n) is 15.2. The molecule has 6 nitrogen and oxygen atoms in total. The third-order valence-corrected chi connectivity index (χ3v) is 15.2. The first kappa shape index (κ1) is 42.4. The van der Waals surface area contributed by atoms with Gasteiger partial charge in [-0.1, -0.05) is 137 Å². The lowest BCUT2D eigenvalue weighted by molar-refractivity contribution is 0.649. The van der Waals surface area contributed by atoms with Crippen LogP contribution in [0, 0.1) is 0 Å². The molecule has 0 N–H and O–H groups in total. The number of anilines is 6. The fourth-order valence-electron chi connectivity index (χ4n) is 12.0. The van der Waals surface area contributed by atoms with Crippen LogP contribution in [-0.4, -0.2) is 0 Å². The molecule has 11 aromatic carbocycles. The molecule has 0 saturated heterocycles. The van der Waals surface area contributed by atoms with Crippen molar-refractivity contribution in [2.75, 3.05) is 9.80 Å². The normalized spacial score (nSPS) is 12.3. The van der Waals surface area contributed by atoms with Gasteiger partial charge in [0.2, 0.25) is 0 Å². The van der Waals surface area contributed by atoms with Crippen LogP contribution in [0.25, 0.3) is 109 Å². The van der Waals surface area contributed by atoms with Crippen LogP contribution in [0.5, 0.6) is 0 Å². The highest BCUT2D eigenvalue weighted by molar-refractivity contribution is 6.23. The first-order valence-electron chi connectivity index (χ1n) is 25.6. The van der Waals surface area contributed by atoms with E-state index in [1.165, 1.54) is 11.1 Å². The molecule has 74 heavy (non-hydrogen) atoms. The highest BCUT2D eigenvalue weighted by Gasteiger charge is 2.29. The molecule has 0 fully saturated rings. The van der Waals surface area contributed by atoms with Gasteiger partial charge in [0.1, 0.15) is 33.5 Å². The molecule has 0 radical (unpaired) electrons. The fraction of sp³-hybridized carbons (Fsp3) is 0.0882. The van der Waals surface area contributed by atoms with Gasteiger partial charge in [0.15, 0.2) is 11.2 Å². The van der Waals surface area contributed by atoms with E-state index in [-0.39, 0.29) is 11.8 Å². The molecular formula is C68H48N2O4. The van der Waals surface area contributed by atoms with Crippen LogP contribution < -0.4 is 9.80 Å². The van der Waals surface area contributed by atoms with Crippen molar-refractivity contribution in [1.82, 2.24) is 0 Å². The van der Waals surface area contributed by atoms with E-state index < -0.39 is 0 Å². The van der Waals surface area contributed by atoms with Crippen molar-refractivity contribution < 1.29 is 17.7 Å². The first-order chi connectivity index (χ1) is 36.3. The predicted molar refractivity (Wildman–Crippen MR) is 308 cm³/mol. The monoisotopic (exact) mass is 956 g/mol. The molecule has 4 heterocycles. The lowest BCUT2D eigenvalue weighted by Crippen LogP contribution is -2.10. The van der Waals surface area contributed by atoms with Crippen LogP contribution in [-0.2, 0) is 0 Å². The van der Waals surface area contributed by atoms with E-state index in [9.17, 15) is 0 Å². The van der Waals surface area contributed by atoms with Crippen LogP contribution in [0.2, 0.25) is 0 Å². The lowest BCUT2D eigenvalue weighted by atomic mass is 9.87. The Balaban J connectivity index is 0.900. The Labute approximate surface area is 425 Å². The van der Waals surface area contributed by atoms with E-state index in [1.54, 1.807) is 0 Å². The van der Waals surface area contributed by atoms with Gasteiger partial charge in [-0.15, -0.1) is 0 Å². The first-order valence-corrected chi connectivity index (χ1v) is 25.6. The number of hydrogen-bond donors (Lipinski definition) is 0. The maximum atomic E-state index is 7.21. The van der Waals surface area contributed by atoms with Gasteiger partial charge in [-0.05, 0) is 130 Å². The lowest BCUT2D eigenvalue weighted by Gasteiger charge is -2.25. The molecule has 0 bridgehead atoms. The molecule has 15 rings (SSSR count). The van der Waals surface area contributed by atoms with Crippen LogP contribution in [0.4, 0.5) is 34.1 Å². The molecule has 354 valence electrons. The predicted octanol–water partition coefficient (Wildman–Crippen LogP) is 20.8. The Bertz CT molecular complexity index is 4440. The SMILES string of the molecule is CC(C)c1c2oc3cc4cc(N(c5ccccc5)c5cccc6c5oc5ccccc56)ccc4cc3c2c(C(C)C)c2oc3cc4cc(N(c5ccccc5)c5cccc6c5oc5ccccc56)ccc4cc3c12. The van der Waals surface area contributed by atoms with E-state index >= 15 is 0 Å². The molecule has 6 heteroatoms. The Morgan fingerprint density at radius 3 is 1.11 bits per heavy atom. The Kier molecular flexibility index (Phi) is 9.24. The number of furan rings is 4. The molecular weight excluding hydrogens is 909 g/mol. The van der Waals surface area contributed by atoms with Gasteiger partial charge in [0, 0.05) is 77.0 Å². The van der Waals surface area contributed by atoms with Crippen molar-refractivity contribution in [3.8, 4) is 0 Å².